The molecule has 1 heterocycles. The van der Waals surface area contributed by atoms with Gasteiger partial charge in [-0.05, 0) is 31.5 Å². The third-order valence-corrected chi connectivity index (χ3v) is 4.55. The van der Waals surface area contributed by atoms with E-state index in [1.54, 1.807) is 12.1 Å². The highest BCUT2D eigenvalue weighted by atomic mass is 79.9. The topological polar surface area (TPSA) is 3.24 Å². The maximum atomic E-state index is 13.8. The van der Waals surface area contributed by atoms with Crippen LogP contribution in [0.1, 0.15) is 31.2 Å². The SMILES string of the molecule is Fc1cc(Cl)ccc1CN1CCCCCC1CBr. The second-order valence-electron chi connectivity index (χ2n) is 4.86. The van der Waals surface area contributed by atoms with Crippen molar-refractivity contribution >= 4 is 27.5 Å². The summed E-state index contributed by atoms with van der Waals surface area (Å²) in [4.78, 5) is 2.38. The van der Waals surface area contributed by atoms with Crippen LogP contribution in [0.5, 0.6) is 0 Å². The molecule has 1 aromatic rings. The first-order valence-corrected chi connectivity index (χ1v) is 7.94. The Labute approximate surface area is 121 Å². The summed E-state index contributed by atoms with van der Waals surface area (Å²) < 4.78 is 13.8. The summed E-state index contributed by atoms with van der Waals surface area (Å²) in [7, 11) is 0. The Bertz CT molecular complexity index is 399. The lowest BCUT2D eigenvalue weighted by Crippen LogP contribution is -2.35. The Hall–Kier alpha value is -0.120. The average Bonchev–Trinajstić information content (AvgIpc) is 2.57. The average molecular weight is 335 g/mol. The molecule has 0 radical (unpaired) electrons. The Morgan fingerprint density at radius 2 is 2.17 bits per heavy atom. The van der Waals surface area contributed by atoms with Crippen LogP contribution in [0.2, 0.25) is 5.02 Å². The van der Waals surface area contributed by atoms with Crippen LogP contribution in [0.3, 0.4) is 0 Å². The maximum absolute atomic E-state index is 13.8. The molecule has 1 aliphatic heterocycles. The summed E-state index contributed by atoms with van der Waals surface area (Å²) in [6.45, 7) is 1.73. The van der Waals surface area contributed by atoms with Crippen molar-refractivity contribution in [1.82, 2.24) is 4.90 Å². The zero-order chi connectivity index (χ0) is 13.0. The third kappa shape index (κ3) is 3.69. The molecule has 1 nitrogen and oxygen atoms in total. The van der Waals surface area contributed by atoms with Gasteiger partial charge in [-0.15, -0.1) is 0 Å². The van der Waals surface area contributed by atoms with Gasteiger partial charge in [0.1, 0.15) is 5.82 Å². The Kier molecular flexibility index (Phi) is 5.46. The Morgan fingerprint density at radius 1 is 1.33 bits per heavy atom. The van der Waals surface area contributed by atoms with E-state index in [0.717, 1.165) is 17.4 Å². The zero-order valence-corrected chi connectivity index (χ0v) is 12.7. The van der Waals surface area contributed by atoms with Gasteiger partial charge < -0.3 is 0 Å². The molecule has 100 valence electrons. The Morgan fingerprint density at radius 3 is 2.89 bits per heavy atom. The first-order valence-electron chi connectivity index (χ1n) is 6.44. The van der Waals surface area contributed by atoms with Gasteiger partial charge in [-0.3, -0.25) is 4.90 Å². The van der Waals surface area contributed by atoms with E-state index in [-0.39, 0.29) is 5.82 Å². The molecule has 1 aliphatic rings. The van der Waals surface area contributed by atoms with Gasteiger partial charge in [-0.2, -0.15) is 0 Å². The molecule has 1 unspecified atom stereocenters. The van der Waals surface area contributed by atoms with Crippen molar-refractivity contribution in [3.05, 3.63) is 34.6 Å². The van der Waals surface area contributed by atoms with Gasteiger partial charge in [-0.25, -0.2) is 4.39 Å². The number of likely N-dealkylation sites (tertiary alicyclic amines) is 1. The van der Waals surface area contributed by atoms with Crippen molar-refractivity contribution in [3.8, 4) is 0 Å². The predicted molar refractivity (Wildman–Crippen MR) is 77.9 cm³/mol. The van der Waals surface area contributed by atoms with Gasteiger partial charge in [0.05, 0.1) is 0 Å². The highest BCUT2D eigenvalue weighted by molar-refractivity contribution is 9.09. The molecule has 0 saturated carbocycles. The van der Waals surface area contributed by atoms with Gasteiger partial charge in [0.2, 0.25) is 0 Å². The molecule has 0 spiro atoms. The fourth-order valence-electron chi connectivity index (χ4n) is 2.49. The molecule has 0 bridgehead atoms. The zero-order valence-electron chi connectivity index (χ0n) is 10.3. The minimum atomic E-state index is -0.194. The van der Waals surface area contributed by atoms with Crippen molar-refractivity contribution in [2.45, 2.75) is 38.3 Å². The molecule has 0 N–H and O–H groups in total. The van der Waals surface area contributed by atoms with Crippen LogP contribution in [0.4, 0.5) is 4.39 Å². The normalized spacial score (nSPS) is 21.8. The molecule has 18 heavy (non-hydrogen) atoms. The van der Waals surface area contributed by atoms with E-state index in [1.807, 2.05) is 0 Å². The van der Waals surface area contributed by atoms with Crippen LogP contribution in [-0.4, -0.2) is 22.8 Å². The summed E-state index contributed by atoms with van der Waals surface area (Å²) >= 11 is 9.35. The van der Waals surface area contributed by atoms with Gasteiger partial charge >= 0.3 is 0 Å². The van der Waals surface area contributed by atoms with E-state index in [2.05, 4.69) is 20.8 Å². The standard InChI is InChI=1S/C14H18BrClFN/c15-9-13-4-2-1-3-7-18(13)10-11-5-6-12(16)8-14(11)17/h5-6,8,13H,1-4,7,9-10H2. The summed E-state index contributed by atoms with van der Waals surface area (Å²) in [5.74, 6) is -0.194. The lowest BCUT2D eigenvalue weighted by Gasteiger charge is -2.28. The summed E-state index contributed by atoms with van der Waals surface area (Å²) in [6, 6.07) is 5.48. The van der Waals surface area contributed by atoms with Crippen molar-refractivity contribution in [3.63, 3.8) is 0 Å². The van der Waals surface area contributed by atoms with E-state index in [0.29, 0.717) is 17.6 Å². The smallest absolute Gasteiger partial charge is 0.129 e. The van der Waals surface area contributed by atoms with Crippen LogP contribution < -0.4 is 0 Å². The monoisotopic (exact) mass is 333 g/mol. The first kappa shape index (κ1) is 14.3. The van der Waals surface area contributed by atoms with Crippen LogP contribution >= 0.6 is 27.5 Å². The van der Waals surface area contributed by atoms with Crippen molar-refractivity contribution in [2.24, 2.45) is 0 Å². The van der Waals surface area contributed by atoms with E-state index < -0.39 is 0 Å². The summed E-state index contributed by atoms with van der Waals surface area (Å²) in [6.07, 6.45) is 4.96. The molecule has 1 fully saturated rings. The van der Waals surface area contributed by atoms with Gasteiger partial charge in [0.15, 0.2) is 0 Å². The summed E-state index contributed by atoms with van der Waals surface area (Å²) in [5, 5.41) is 1.42. The minimum Gasteiger partial charge on any atom is -0.295 e. The number of hydrogen-bond donors (Lipinski definition) is 0. The fourth-order valence-corrected chi connectivity index (χ4v) is 3.38. The van der Waals surface area contributed by atoms with Crippen LogP contribution in [-0.2, 0) is 6.54 Å². The van der Waals surface area contributed by atoms with Crippen molar-refractivity contribution in [2.75, 3.05) is 11.9 Å². The third-order valence-electron chi connectivity index (χ3n) is 3.57. The second-order valence-corrected chi connectivity index (χ2v) is 5.95. The number of halogens is 3. The van der Waals surface area contributed by atoms with E-state index in [1.165, 1.54) is 31.7 Å². The van der Waals surface area contributed by atoms with Crippen molar-refractivity contribution in [1.29, 1.82) is 0 Å². The molecule has 2 rings (SSSR count). The minimum absolute atomic E-state index is 0.194. The molecule has 1 aromatic carbocycles. The molecule has 4 heteroatoms. The van der Waals surface area contributed by atoms with Gasteiger partial charge in [0, 0.05) is 28.5 Å². The molecule has 1 atom stereocenters. The van der Waals surface area contributed by atoms with E-state index >= 15 is 0 Å². The number of alkyl halides is 1. The fraction of sp³-hybridized carbons (Fsp3) is 0.571. The predicted octanol–water partition coefficient (Wildman–Crippen LogP) is 4.62. The van der Waals surface area contributed by atoms with E-state index in [4.69, 9.17) is 11.6 Å². The first-order chi connectivity index (χ1) is 8.70. The Balaban J connectivity index is 2.10. The van der Waals surface area contributed by atoms with Gasteiger partial charge in [-0.1, -0.05) is 46.4 Å². The molecule has 1 saturated heterocycles. The second kappa shape index (κ2) is 6.88. The van der Waals surface area contributed by atoms with Crippen LogP contribution in [0.15, 0.2) is 18.2 Å². The highest BCUT2D eigenvalue weighted by Gasteiger charge is 2.20. The summed E-state index contributed by atoms with van der Waals surface area (Å²) in [5.41, 5.74) is 0.743. The number of nitrogens with zero attached hydrogens (tertiary/aromatic N) is 1. The van der Waals surface area contributed by atoms with Crippen molar-refractivity contribution < 1.29 is 4.39 Å². The molecular weight excluding hydrogens is 317 g/mol. The van der Waals surface area contributed by atoms with Crippen LogP contribution in [0.25, 0.3) is 0 Å². The number of hydrogen-bond acceptors (Lipinski definition) is 1. The van der Waals surface area contributed by atoms with E-state index in [9.17, 15) is 4.39 Å². The van der Waals surface area contributed by atoms with Gasteiger partial charge in [0.25, 0.3) is 0 Å². The number of rotatable bonds is 3. The lowest BCUT2D eigenvalue weighted by molar-refractivity contribution is 0.206. The number of benzene rings is 1. The maximum Gasteiger partial charge on any atom is 0.129 e. The largest absolute Gasteiger partial charge is 0.295 e. The quantitative estimate of drug-likeness (QED) is 0.729. The lowest BCUT2D eigenvalue weighted by atomic mass is 10.1. The molecular formula is C14H18BrClFN. The van der Waals surface area contributed by atoms with Crippen LogP contribution in [0, 0.1) is 5.82 Å². The molecule has 0 amide bonds. The molecule has 0 aromatic heterocycles. The highest BCUT2D eigenvalue weighted by Crippen LogP contribution is 2.22. The molecule has 0 aliphatic carbocycles.